The molecule has 2 N–H and O–H groups in total. The summed E-state index contributed by atoms with van der Waals surface area (Å²) in [5, 5.41) is 13.5. The minimum absolute atomic E-state index is 0.213. The topological polar surface area (TPSA) is 95.9 Å². The van der Waals surface area contributed by atoms with Crippen molar-refractivity contribution in [1.29, 1.82) is 0 Å². The highest BCUT2D eigenvalue weighted by molar-refractivity contribution is 7.18. The van der Waals surface area contributed by atoms with Gasteiger partial charge in [-0.15, -0.1) is 11.3 Å². The van der Waals surface area contributed by atoms with Crippen molar-refractivity contribution in [3.8, 4) is 5.75 Å². The van der Waals surface area contributed by atoms with Gasteiger partial charge in [0.05, 0.1) is 28.3 Å². The number of carbonyl (C=O) groups is 3. The molecule has 0 spiro atoms. The number of thiophene rings is 1. The van der Waals surface area contributed by atoms with Crippen LogP contribution in [0.5, 0.6) is 5.75 Å². The van der Waals surface area contributed by atoms with Crippen LogP contribution in [0.4, 0.5) is 19.3 Å². The predicted molar refractivity (Wildman–Crippen MR) is 155 cm³/mol. The smallest absolute Gasteiger partial charge is 0.330 e. The van der Waals surface area contributed by atoms with Gasteiger partial charge in [0.15, 0.2) is 5.78 Å². The highest BCUT2D eigenvalue weighted by Crippen LogP contribution is 2.57. The van der Waals surface area contributed by atoms with Crippen molar-refractivity contribution in [2.24, 2.45) is 5.92 Å². The molecule has 2 heterocycles. The van der Waals surface area contributed by atoms with E-state index in [1.54, 1.807) is 36.4 Å². The molecule has 1 aliphatic rings. The number of urea groups is 1. The molecule has 7 nitrogen and oxygen atoms in total. The summed E-state index contributed by atoms with van der Waals surface area (Å²) in [7, 11) is 1.46. The zero-order valence-corrected chi connectivity index (χ0v) is 24.0. The summed E-state index contributed by atoms with van der Waals surface area (Å²) in [6.45, 7) is 1.38. The fraction of sp³-hybridized carbons (Fsp3) is 0.194. The van der Waals surface area contributed by atoms with E-state index in [0.717, 1.165) is 28.4 Å². The number of hydrogen-bond donors (Lipinski definition) is 2. The number of carbonyl (C=O) groups excluding carboxylic acids is 2. The average molecular weight is 611 g/mol. The maximum absolute atomic E-state index is 14.4. The third-order valence-electron chi connectivity index (χ3n) is 7.61. The van der Waals surface area contributed by atoms with Gasteiger partial charge in [-0.25, -0.2) is 18.4 Å². The summed E-state index contributed by atoms with van der Waals surface area (Å²) in [4.78, 5) is 43.2. The van der Waals surface area contributed by atoms with Gasteiger partial charge in [-0.1, -0.05) is 35.9 Å². The number of methoxy groups -OCH3 is 1. The van der Waals surface area contributed by atoms with Crippen molar-refractivity contribution in [2.75, 3.05) is 12.4 Å². The molecule has 0 aliphatic carbocycles. The fourth-order valence-corrected chi connectivity index (χ4v) is 6.74. The molecule has 0 radical (unpaired) electrons. The van der Waals surface area contributed by atoms with Crippen LogP contribution in [0.15, 0.2) is 84.9 Å². The Bertz CT molecular complexity index is 1650. The van der Waals surface area contributed by atoms with Crippen molar-refractivity contribution >= 4 is 46.4 Å². The first-order valence-corrected chi connectivity index (χ1v) is 14.0. The zero-order valence-electron chi connectivity index (χ0n) is 22.4. The third kappa shape index (κ3) is 5.23. The number of nitrogens with zero attached hydrogens (tertiary/aromatic N) is 1. The molecule has 0 bridgehead atoms. The van der Waals surface area contributed by atoms with Gasteiger partial charge in [-0.3, -0.25) is 9.69 Å². The lowest BCUT2D eigenvalue weighted by molar-refractivity contribution is -0.148. The molecule has 1 aromatic heterocycles. The van der Waals surface area contributed by atoms with E-state index in [-0.39, 0.29) is 10.6 Å². The van der Waals surface area contributed by atoms with Gasteiger partial charge in [0.2, 0.25) is 0 Å². The molecule has 3 aromatic carbocycles. The van der Waals surface area contributed by atoms with Gasteiger partial charge >= 0.3 is 12.0 Å². The largest absolute Gasteiger partial charge is 0.497 e. The monoisotopic (exact) mass is 610 g/mol. The highest BCUT2D eigenvalue weighted by atomic mass is 35.5. The molecule has 4 aromatic rings. The number of benzene rings is 3. The average Bonchev–Trinajstić information content (AvgIpc) is 3.53. The summed E-state index contributed by atoms with van der Waals surface area (Å²) in [6, 6.07) is 18.0. The first-order valence-electron chi connectivity index (χ1n) is 12.8. The molecule has 1 aliphatic heterocycles. The molecule has 1 fully saturated rings. The minimum Gasteiger partial charge on any atom is -0.497 e. The molecular weight excluding hydrogens is 586 g/mol. The van der Waals surface area contributed by atoms with Crippen LogP contribution in [0.2, 0.25) is 4.34 Å². The molecule has 1 saturated heterocycles. The number of anilines is 1. The summed E-state index contributed by atoms with van der Waals surface area (Å²) in [5.74, 6) is -4.66. The predicted octanol–water partition coefficient (Wildman–Crippen LogP) is 7.40. The number of ether oxygens (including phenoxy) is 1. The lowest BCUT2D eigenvalue weighted by Crippen LogP contribution is -2.55. The van der Waals surface area contributed by atoms with Crippen LogP contribution in [-0.2, 0) is 4.79 Å². The Balaban J connectivity index is 1.77. The van der Waals surface area contributed by atoms with Crippen LogP contribution in [0.1, 0.15) is 39.7 Å². The van der Waals surface area contributed by atoms with E-state index in [1.807, 2.05) is 0 Å². The van der Waals surface area contributed by atoms with Gasteiger partial charge in [0.1, 0.15) is 22.9 Å². The molecule has 4 atom stereocenters. The lowest BCUT2D eigenvalue weighted by atomic mass is 9.72. The zero-order chi connectivity index (χ0) is 30.2. The maximum atomic E-state index is 14.4. The molecule has 216 valence electrons. The number of rotatable bonds is 7. The minimum atomic E-state index is -2.00. The number of hydrogen-bond acceptors (Lipinski definition) is 5. The van der Waals surface area contributed by atoms with Crippen molar-refractivity contribution in [3.05, 3.63) is 117 Å². The molecule has 11 heteroatoms. The molecule has 0 saturated carbocycles. The number of aliphatic carboxylic acids is 1. The van der Waals surface area contributed by atoms with E-state index in [0.29, 0.717) is 21.2 Å². The standard InChI is InChI=1S/C31H25ClF2N2O5S/c1-31(29(38)39)26(18-4-3-5-22(16-18)41-2)25(28(37)23-14-15-24(32)42-23)27(17-6-8-19(33)9-7-17)36(31)30(40)35-21-12-10-20(34)11-13-21/h3-16,25-27H,1-2H3,(H,35,40)(H,38,39). The van der Waals surface area contributed by atoms with Gasteiger partial charge in [0.25, 0.3) is 0 Å². The van der Waals surface area contributed by atoms with Crippen molar-refractivity contribution in [1.82, 2.24) is 4.90 Å². The SMILES string of the molecule is COc1cccc(C2C(C(=O)c3ccc(Cl)s3)C(c3ccc(F)cc3)N(C(=O)Nc3ccc(F)cc3)C2(C)C(=O)O)c1. The van der Waals surface area contributed by atoms with Crippen LogP contribution in [0, 0.1) is 17.6 Å². The van der Waals surface area contributed by atoms with Crippen molar-refractivity contribution in [3.63, 3.8) is 0 Å². The number of carboxylic acids is 1. The van der Waals surface area contributed by atoms with Crippen LogP contribution >= 0.6 is 22.9 Å². The second kappa shape index (κ2) is 11.5. The van der Waals surface area contributed by atoms with Gasteiger partial charge in [-0.05, 0) is 78.7 Å². The van der Waals surface area contributed by atoms with E-state index >= 15 is 0 Å². The van der Waals surface area contributed by atoms with Gasteiger partial charge in [0, 0.05) is 11.6 Å². The van der Waals surface area contributed by atoms with Gasteiger partial charge in [-0.2, -0.15) is 0 Å². The lowest BCUT2D eigenvalue weighted by Gasteiger charge is -2.37. The molecule has 5 rings (SSSR count). The summed E-state index contributed by atoms with van der Waals surface area (Å²) in [6.07, 6.45) is 0. The molecular formula is C31H25ClF2N2O5S. The van der Waals surface area contributed by atoms with Crippen LogP contribution < -0.4 is 10.1 Å². The second-order valence-corrected chi connectivity index (χ2v) is 11.7. The van der Waals surface area contributed by atoms with E-state index in [4.69, 9.17) is 16.3 Å². The number of carboxylic acid groups (broad SMARTS) is 1. The highest BCUT2D eigenvalue weighted by Gasteiger charge is 2.65. The number of Topliss-reactive ketones (excluding diaryl/α,β-unsaturated/α-hetero) is 1. The number of amides is 2. The van der Waals surface area contributed by atoms with E-state index in [2.05, 4.69) is 5.32 Å². The maximum Gasteiger partial charge on any atom is 0.330 e. The Labute approximate surface area is 249 Å². The number of nitrogens with one attached hydrogen (secondary N) is 1. The van der Waals surface area contributed by atoms with E-state index in [9.17, 15) is 28.3 Å². The van der Waals surface area contributed by atoms with E-state index in [1.165, 1.54) is 50.4 Å². The molecule has 2 amide bonds. The quantitative estimate of drug-likeness (QED) is 0.213. The summed E-state index contributed by atoms with van der Waals surface area (Å²) in [5.41, 5.74) is -0.990. The molecule has 42 heavy (non-hydrogen) atoms. The third-order valence-corrected chi connectivity index (χ3v) is 8.86. The van der Waals surface area contributed by atoms with Crippen molar-refractivity contribution < 1.29 is 33.0 Å². The van der Waals surface area contributed by atoms with E-state index < -0.39 is 52.8 Å². The number of likely N-dealkylation sites (tertiary alicyclic amines) is 1. The second-order valence-electron chi connectivity index (χ2n) is 10.0. The summed E-state index contributed by atoms with van der Waals surface area (Å²) < 4.78 is 33.4. The normalized spacial score (nSPS) is 21.6. The van der Waals surface area contributed by atoms with Crippen LogP contribution in [0.3, 0.4) is 0 Å². The fourth-order valence-electron chi connectivity index (χ4n) is 5.71. The van der Waals surface area contributed by atoms with Crippen molar-refractivity contribution in [2.45, 2.75) is 24.4 Å². The Morgan fingerprint density at radius 2 is 1.60 bits per heavy atom. The Morgan fingerprint density at radius 1 is 0.952 bits per heavy atom. The van der Waals surface area contributed by atoms with Gasteiger partial charge < -0.3 is 15.2 Å². The molecule has 4 unspecified atom stereocenters. The first kappa shape index (κ1) is 29.2. The Hall–Kier alpha value is -4.28. The van der Waals surface area contributed by atoms with Crippen LogP contribution in [-0.4, -0.2) is 40.4 Å². The first-order chi connectivity index (χ1) is 20.0. The Morgan fingerprint density at radius 3 is 2.17 bits per heavy atom. The van der Waals surface area contributed by atoms with Crippen LogP contribution in [0.25, 0.3) is 0 Å². The summed E-state index contributed by atoms with van der Waals surface area (Å²) >= 11 is 7.21. The number of halogens is 3. The Kier molecular flexibility index (Phi) is 8.03. The number of ketones is 1.